The zero-order valence-corrected chi connectivity index (χ0v) is 19.0. The SMILES string of the molecule is COCCS(=O)(=O)Nc1cccc(C(=O)c2c[nH]c3ncc(-c4cnc(OC)nc4)cc23)c1F. The Morgan fingerprint density at radius 2 is 1.82 bits per heavy atom. The van der Waals surface area contributed by atoms with Gasteiger partial charge in [-0.3, -0.25) is 9.52 Å². The van der Waals surface area contributed by atoms with Crippen LogP contribution in [0.5, 0.6) is 6.01 Å². The van der Waals surface area contributed by atoms with Crippen molar-refractivity contribution >= 4 is 32.5 Å². The van der Waals surface area contributed by atoms with Crippen LogP contribution in [-0.2, 0) is 14.8 Å². The third kappa shape index (κ3) is 4.72. The van der Waals surface area contributed by atoms with Gasteiger partial charge in [0.15, 0.2) is 11.6 Å². The van der Waals surface area contributed by atoms with Crippen molar-refractivity contribution < 1.29 is 27.1 Å². The van der Waals surface area contributed by atoms with Crippen molar-refractivity contribution in [1.29, 1.82) is 0 Å². The molecule has 176 valence electrons. The molecule has 0 aliphatic rings. The Morgan fingerprint density at radius 1 is 1.09 bits per heavy atom. The van der Waals surface area contributed by atoms with E-state index in [-0.39, 0.29) is 35.2 Å². The number of benzene rings is 1. The number of hydrogen-bond donors (Lipinski definition) is 2. The average molecular weight is 485 g/mol. The van der Waals surface area contributed by atoms with Gasteiger partial charge in [-0.1, -0.05) is 6.07 Å². The predicted molar refractivity (Wildman–Crippen MR) is 123 cm³/mol. The lowest BCUT2D eigenvalue weighted by atomic mass is 10.0. The van der Waals surface area contributed by atoms with Crippen LogP contribution in [0.3, 0.4) is 0 Å². The molecule has 0 spiro atoms. The van der Waals surface area contributed by atoms with Crippen LogP contribution in [0.25, 0.3) is 22.2 Å². The first kappa shape index (κ1) is 23.3. The summed E-state index contributed by atoms with van der Waals surface area (Å²) in [5.74, 6) is -1.96. The normalized spacial score (nSPS) is 11.5. The molecule has 0 amide bonds. The molecule has 0 bridgehead atoms. The Balaban J connectivity index is 1.69. The molecule has 0 aliphatic heterocycles. The highest BCUT2D eigenvalue weighted by molar-refractivity contribution is 7.92. The number of carbonyl (C=O) groups is 1. The van der Waals surface area contributed by atoms with Gasteiger partial charge in [-0.15, -0.1) is 0 Å². The highest BCUT2D eigenvalue weighted by Gasteiger charge is 2.22. The lowest BCUT2D eigenvalue weighted by Crippen LogP contribution is -2.21. The van der Waals surface area contributed by atoms with Crippen molar-refractivity contribution in [3.63, 3.8) is 0 Å². The Morgan fingerprint density at radius 3 is 2.53 bits per heavy atom. The number of pyridine rings is 1. The van der Waals surface area contributed by atoms with Crippen LogP contribution in [0, 0.1) is 5.82 Å². The summed E-state index contributed by atoms with van der Waals surface area (Å²) in [5.41, 5.74) is 1.29. The van der Waals surface area contributed by atoms with E-state index in [0.29, 0.717) is 22.2 Å². The van der Waals surface area contributed by atoms with Gasteiger partial charge in [0.25, 0.3) is 0 Å². The number of aromatic nitrogens is 4. The number of anilines is 1. The van der Waals surface area contributed by atoms with E-state index in [9.17, 15) is 13.2 Å². The average Bonchev–Trinajstić information content (AvgIpc) is 3.27. The number of hydrogen-bond acceptors (Lipinski definition) is 8. The van der Waals surface area contributed by atoms with Gasteiger partial charge in [-0.05, 0) is 18.2 Å². The second-order valence-corrected chi connectivity index (χ2v) is 9.03. The van der Waals surface area contributed by atoms with Gasteiger partial charge >= 0.3 is 6.01 Å². The molecule has 0 atom stereocenters. The molecule has 3 aromatic heterocycles. The standard InChI is InChI=1S/C22H20FN5O5S/c1-32-6-7-34(30,31)28-18-5-3-4-15(19(18)23)20(29)17-12-25-21-16(17)8-13(9-24-21)14-10-26-22(33-2)27-11-14/h3-5,8-12,28H,6-7H2,1-2H3,(H,24,25). The van der Waals surface area contributed by atoms with Crippen molar-refractivity contribution in [1.82, 2.24) is 19.9 Å². The number of fused-ring (bicyclic) bond motifs is 1. The lowest BCUT2D eigenvalue weighted by molar-refractivity contribution is 0.103. The van der Waals surface area contributed by atoms with Crippen molar-refractivity contribution in [2.75, 3.05) is 31.3 Å². The van der Waals surface area contributed by atoms with E-state index in [1.165, 1.54) is 38.6 Å². The summed E-state index contributed by atoms with van der Waals surface area (Å²) in [6.45, 7) is -0.0561. The molecular formula is C22H20FN5O5S. The van der Waals surface area contributed by atoms with Gasteiger partial charge < -0.3 is 14.5 Å². The van der Waals surface area contributed by atoms with Gasteiger partial charge in [0.05, 0.1) is 30.7 Å². The zero-order chi connectivity index (χ0) is 24.3. The van der Waals surface area contributed by atoms with Gasteiger partial charge in [0.1, 0.15) is 5.65 Å². The number of halogens is 1. The molecule has 0 radical (unpaired) electrons. The predicted octanol–water partition coefficient (Wildman–Crippen LogP) is 2.79. The maximum atomic E-state index is 15.1. The molecule has 0 fully saturated rings. The molecule has 3 heterocycles. The molecule has 34 heavy (non-hydrogen) atoms. The third-order valence-electron chi connectivity index (χ3n) is 4.98. The highest BCUT2D eigenvalue weighted by Crippen LogP contribution is 2.28. The number of nitrogens with zero attached hydrogens (tertiary/aromatic N) is 3. The number of nitrogens with one attached hydrogen (secondary N) is 2. The van der Waals surface area contributed by atoms with Crippen LogP contribution in [0.15, 0.2) is 49.1 Å². The van der Waals surface area contributed by atoms with Gasteiger partial charge in [0, 0.05) is 54.0 Å². The van der Waals surface area contributed by atoms with Crippen LogP contribution in [0.2, 0.25) is 0 Å². The topological polar surface area (TPSA) is 136 Å². The van der Waals surface area contributed by atoms with E-state index in [1.807, 2.05) is 0 Å². The number of H-pyrrole nitrogens is 1. The minimum atomic E-state index is -3.85. The maximum absolute atomic E-state index is 15.1. The second kappa shape index (κ2) is 9.53. The van der Waals surface area contributed by atoms with Crippen molar-refractivity contribution in [3.8, 4) is 17.1 Å². The molecule has 10 nitrogen and oxygen atoms in total. The minimum absolute atomic E-state index is 0.0561. The lowest BCUT2D eigenvalue weighted by Gasteiger charge is -2.11. The second-order valence-electron chi connectivity index (χ2n) is 7.19. The Kier molecular flexibility index (Phi) is 6.52. The number of aromatic amines is 1. The molecule has 0 unspecified atom stereocenters. The molecule has 12 heteroatoms. The molecule has 1 aromatic carbocycles. The number of ether oxygens (including phenoxy) is 2. The summed E-state index contributed by atoms with van der Waals surface area (Å²) in [6.07, 6.45) is 6.14. The molecule has 2 N–H and O–H groups in total. The fraction of sp³-hybridized carbons (Fsp3) is 0.182. The van der Waals surface area contributed by atoms with E-state index in [2.05, 4.69) is 24.7 Å². The minimum Gasteiger partial charge on any atom is -0.467 e. The summed E-state index contributed by atoms with van der Waals surface area (Å²) < 4.78 is 51.3. The summed E-state index contributed by atoms with van der Waals surface area (Å²) in [4.78, 5) is 28.6. The quantitative estimate of drug-likeness (QED) is 0.346. The number of rotatable bonds is 9. The van der Waals surface area contributed by atoms with Crippen LogP contribution in [-0.4, -0.2) is 60.7 Å². The van der Waals surface area contributed by atoms with E-state index in [4.69, 9.17) is 9.47 Å². The monoisotopic (exact) mass is 485 g/mol. The summed E-state index contributed by atoms with van der Waals surface area (Å²) in [6, 6.07) is 5.86. The molecular weight excluding hydrogens is 465 g/mol. The summed E-state index contributed by atoms with van der Waals surface area (Å²) in [7, 11) is -1.04. The van der Waals surface area contributed by atoms with Gasteiger partial charge in [-0.25, -0.2) is 27.8 Å². The van der Waals surface area contributed by atoms with E-state index < -0.39 is 21.6 Å². The smallest absolute Gasteiger partial charge is 0.316 e. The van der Waals surface area contributed by atoms with Crippen molar-refractivity contribution in [2.24, 2.45) is 0 Å². The fourth-order valence-corrected chi connectivity index (χ4v) is 4.24. The first-order chi connectivity index (χ1) is 16.3. The number of methoxy groups -OCH3 is 2. The molecule has 0 saturated carbocycles. The molecule has 0 aliphatic carbocycles. The Labute approximate surface area is 194 Å². The van der Waals surface area contributed by atoms with Crippen molar-refractivity contribution in [2.45, 2.75) is 0 Å². The number of sulfonamides is 1. The van der Waals surface area contributed by atoms with Crippen LogP contribution < -0.4 is 9.46 Å². The Hall–Kier alpha value is -3.90. The fourth-order valence-electron chi connectivity index (χ4n) is 3.26. The first-order valence-electron chi connectivity index (χ1n) is 9.99. The van der Waals surface area contributed by atoms with Crippen LogP contribution in [0.4, 0.5) is 10.1 Å². The molecule has 4 rings (SSSR count). The van der Waals surface area contributed by atoms with E-state index in [0.717, 1.165) is 0 Å². The molecule has 0 saturated heterocycles. The Bertz CT molecular complexity index is 1450. The van der Waals surface area contributed by atoms with Crippen LogP contribution >= 0.6 is 0 Å². The van der Waals surface area contributed by atoms with Gasteiger partial charge in [0.2, 0.25) is 10.0 Å². The largest absolute Gasteiger partial charge is 0.467 e. The number of carbonyl (C=O) groups excluding carboxylic acids is 1. The maximum Gasteiger partial charge on any atom is 0.316 e. The molecule has 4 aromatic rings. The highest BCUT2D eigenvalue weighted by atomic mass is 32.2. The summed E-state index contributed by atoms with van der Waals surface area (Å²) in [5, 5.41) is 0.462. The number of ketones is 1. The van der Waals surface area contributed by atoms with E-state index >= 15 is 4.39 Å². The zero-order valence-electron chi connectivity index (χ0n) is 18.2. The van der Waals surface area contributed by atoms with Crippen LogP contribution in [0.1, 0.15) is 15.9 Å². The summed E-state index contributed by atoms with van der Waals surface area (Å²) >= 11 is 0. The first-order valence-corrected chi connectivity index (χ1v) is 11.6. The van der Waals surface area contributed by atoms with Gasteiger partial charge in [-0.2, -0.15) is 0 Å². The van der Waals surface area contributed by atoms with E-state index in [1.54, 1.807) is 24.7 Å². The van der Waals surface area contributed by atoms with Crippen molar-refractivity contribution in [3.05, 3.63) is 66.0 Å². The third-order valence-corrected chi connectivity index (χ3v) is 6.22.